The summed E-state index contributed by atoms with van der Waals surface area (Å²) < 4.78 is 5.23. The van der Waals surface area contributed by atoms with Crippen molar-refractivity contribution < 1.29 is 9.53 Å². The van der Waals surface area contributed by atoms with Gasteiger partial charge in [0, 0.05) is 13.0 Å². The van der Waals surface area contributed by atoms with E-state index >= 15 is 0 Å². The molecule has 0 spiro atoms. The van der Waals surface area contributed by atoms with Gasteiger partial charge < -0.3 is 10.5 Å². The van der Waals surface area contributed by atoms with E-state index in [2.05, 4.69) is 75.4 Å². The summed E-state index contributed by atoms with van der Waals surface area (Å²) in [5.41, 5.74) is 6.53. The third kappa shape index (κ3) is 7.20. The SMILES string of the molecule is CC.CC.CCOC(C)(C)C.NC(=O)CCc1ccc2ccc3cccc4ccc1c2c34. The molecule has 174 valence electrons. The molecule has 0 aromatic heterocycles. The summed E-state index contributed by atoms with van der Waals surface area (Å²) in [6, 6.07) is 19.3. The molecule has 0 bridgehead atoms. The highest BCUT2D eigenvalue weighted by Gasteiger charge is 2.11. The number of primary amides is 1. The number of rotatable bonds is 4. The number of hydrogen-bond acceptors (Lipinski definition) is 2. The van der Waals surface area contributed by atoms with Crippen LogP contribution in [0.5, 0.6) is 0 Å². The molecule has 4 aromatic rings. The third-order valence-electron chi connectivity index (χ3n) is 4.84. The van der Waals surface area contributed by atoms with E-state index in [0.29, 0.717) is 12.8 Å². The molecule has 0 aliphatic rings. The van der Waals surface area contributed by atoms with Crippen molar-refractivity contribution in [1.82, 2.24) is 0 Å². The first-order valence-electron chi connectivity index (χ1n) is 11.9. The summed E-state index contributed by atoms with van der Waals surface area (Å²) in [5, 5.41) is 7.62. The Morgan fingerprint density at radius 1 is 0.812 bits per heavy atom. The van der Waals surface area contributed by atoms with Crippen LogP contribution in [-0.4, -0.2) is 18.1 Å². The fraction of sp³-hybridized carbons (Fsp3) is 0.414. The van der Waals surface area contributed by atoms with Gasteiger partial charge in [0.25, 0.3) is 0 Å². The number of carbonyl (C=O) groups is 1. The minimum atomic E-state index is -0.249. The third-order valence-corrected chi connectivity index (χ3v) is 4.84. The number of carbonyl (C=O) groups excluding carboxylic acids is 1. The summed E-state index contributed by atoms with van der Waals surface area (Å²) in [6.45, 7) is 17.0. The molecule has 0 radical (unpaired) electrons. The van der Waals surface area contributed by atoms with E-state index in [1.54, 1.807) is 0 Å². The summed E-state index contributed by atoms with van der Waals surface area (Å²) in [5.74, 6) is -0.249. The Morgan fingerprint density at radius 2 is 1.31 bits per heavy atom. The fourth-order valence-electron chi connectivity index (χ4n) is 3.70. The van der Waals surface area contributed by atoms with Crippen molar-refractivity contribution in [3.8, 4) is 0 Å². The molecular formula is C29H41NO2. The van der Waals surface area contributed by atoms with E-state index in [-0.39, 0.29) is 11.5 Å². The predicted molar refractivity (Wildman–Crippen MR) is 142 cm³/mol. The standard InChI is InChI=1S/C19H15NO.C6H14O.2C2H6/c20-17(21)11-9-12-4-5-15-7-6-13-2-1-3-14-8-10-16(12)19(15)18(13)14;1-5-7-6(2,3)4;2*1-2/h1-8,10H,9,11H2,(H2,20,21);5H2,1-4H3;2*1-2H3. The first kappa shape index (κ1) is 27.4. The van der Waals surface area contributed by atoms with Crippen molar-refractivity contribution in [2.24, 2.45) is 5.73 Å². The largest absolute Gasteiger partial charge is 0.376 e. The quantitative estimate of drug-likeness (QED) is 0.331. The van der Waals surface area contributed by atoms with E-state index < -0.39 is 0 Å². The minimum absolute atomic E-state index is 0.0503. The second kappa shape index (κ2) is 13.0. The second-order valence-electron chi connectivity index (χ2n) is 8.09. The van der Waals surface area contributed by atoms with Crippen LogP contribution in [0.4, 0.5) is 0 Å². The number of aryl methyl sites for hydroxylation is 1. The zero-order valence-electron chi connectivity index (χ0n) is 21.2. The Balaban J connectivity index is 0.000000398. The van der Waals surface area contributed by atoms with Gasteiger partial charge in [0.05, 0.1) is 5.60 Å². The highest BCUT2D eigenvalue weighted by Crippen LogP contribution is 2.36. The fourth-order valence-corrected chi connectivity index (χ4v) is 3.70. The van der Waals surface area contributed by atoms with Gasteiger partial charge in [-0.25, -0.2) is 0 Å². The second-order valence-corrected chi connectivity index (χ2v) is 8.09. The van der Waals surface area contributed by atoms with Gasteiger partial charge in [-0.05, 0) is 72.0 Å². The van der Waals surface area contributed by atoms with Gasteiger partial charge in [0.2, 0.25) is 5.91 Å². The lowest BCUT2D eigenvalue weighted by Gasteiger charge is -2.17. The van der Waals surface area contributed by atoms with Crippen LogP contribution in [0.2, 0.25) is 0 Å². The molecule has 0 saturated carbocycles. The van der Waals surface area contributed by atoms with Gasteiger partial charge in [-0.3, -0.25) is 4.79 Å². The first-order valence-corrected chi connectivity index (χ1v) is 11.9. The number of hydrogen-bond donors (Lipinski definition) is 1. The maximum Gasteiger partial charge on any atom is 0.217 e. The molecule has 0 aliphatic carbocycles. The van der Waals surface area contributed by atoms with E-state index in [0.717, 1.165) is 6.61 Å². The molecule has 0 atom stereocenters. The van der Waals surface area contributed by atoms with Crippen LogP contribution in [0.25, 0.3) is 32.3 Å². The molecule has 2 N–H and O–H groups in total. The van der Waals surface area contributed by atoms with Crippen molar-refractivity contribution in [2.45, 2.75) is 73.8 Å². The van der Waals surface area contributed by atoms with E-state index in [4.69, 9.17) is 10.5 Å². The summed E-state index contributed by atoms with van der Waals surface area (Å²) in [7, 11) is 0. The highest BCUT2D eigenvalue weighted by atomic mass is 16.5. The number of ether oxygens (including phenoxy) is 1. The normalized spacial score (nSPS) is 10.6. The minimum Gasteiger partial charge on any atom is -0.376 e. The molecule has 0 saturated heterocycles. The molecule has 4 rings (SSSR count). The van der Waals surface area contributed by atoms with E-state index in [9.17, 15) is 4.79 Å². The van der Waals surface area contributed by atoms with E-state index in [1.165, 1.54) is 37.9 Å². The molecule has 1 amide bonds. The van der Waals surface area contributed by atoms with Crippen LogP contribution in [0.1, 0.15) is 67.4 Å². The number of nitrogens with two attached hydrogens (primary N) is 1. The topological polar surface area (TPSA) is 52.3 Å². The van der Waals surface area contributed by atoms with Crippen molar-refractivity contribution >= 4 is 38.2 Å². The highest BCUT2D eigenvalue weighted by molar-refractivity contribution is 6.23. The molecule has 3 nitrogen and oxygen atoms in total. The Hall–Kier alpha value is -2.65. The van der Waals surface area contributed by atoms with Gasteiger partial charge in [0.15, 0.2) is 0 Å². The smallest absolute Gasteiger partial charge is 0.217 e. The maximum atomic E-state index is 11.1. The van der Waals surface area contributed by atoms with Gasteiger partial charge in [-0.15, -0.1) is 0 Å². The van der Waals surface area contributed by atoms with Gasteiger partial charge >= 0.3 is 0 Å². The lowest BCUT2D eigenvalue weighted by Crippen LogP contribution is -2.18. The average molecular weight is 436 g/mol. The Bertz CT molecular complexity index is 1080. The van der Waals surface area contributed by atoms with Crippen molar-refractivity contribution in [3.05, 3.63) is 60.2 Å². The average Bonchev–Trinajstić information content (AvgIpc) is 2.79. The van der Waals surface area contributed by atoms with Crippen LogP contribution in [0.15, 0.2) is 54.6 Å². The van der Waals surface area contributed by atoms with Gasteiger partial charge in [0.1, 0.15) is 0 Å². The Morgan fingerprint density at radius 3 is 1.78 bits per heavy atom. The van der Waals surface area contributed by atoms with Crippen LogP contribution >= 0.6 is 0 Å². The molecular weight excluding hydrogens is 394 g/mol. The molecule has 3 heteroatoms. The van der Waals surface area contributed by atoms with Crippen molar-refractivity contribution in [3.63, 3.8) is 0 Å². The van der Waals surface area contributed by atoms with Crippen molar-refractivity contribution in [1.29, 1.82) is 0 Å². The van der Waals surface area contributed by atoms with Crippen LogP contribution in [-0.2, 0) is 16.0 Å². The zero-order valence-corrected chi connectivity index (χ0v) is 21.2. The lowest BCUT2D eigenvalue weighted by atomic mass is 9.91. The summed E-state index contributed by atoms with van der Waals surface area (Å²) in [4.78, 5) is 11.1. The lowest BCUT2D eigenvalue weighted by molar-refractivity contribution is -0.117. The molecule has 0 unspecified atom stereocenters. The summed E-state index contributed by atoms with van der Waals surface area (Å²) in [6.07, 6.45) is 1.09. The van der Waals surface area contributed by atoms with E-state index in [1.807, 2.05) is 34.6 Å². The van der Waals surface area contributed by atoms with Gasteiger partial charge in [-0.1, -0.05) is 82.3 Å². The Kier molecular flexibility index (Phi) is 11.1. The molecule has 0 aliphatic heterocycles. The van der Waals surface area contributed by atoms with Crippen LogP contribution < -0.4 is 5.73 Å². The van der Waals surface area contributed by atoms with Crippen LogP contribution in [0.3, 0.4) is 0 Å². The maximum absolute atomic E-state index is 11.1. The molecule has 0 heterocycles. The number of benzene rings is 4. The molecule has 0 fully saturated rings. The molecule has 32 heavy (non-hydrogen) atoms. The monoisotopic (exact) mass is 435 g/mol. The van der Waals surface area contributed by atoms with Gasteiger partial charge in [-0.2, -0.15) is 0 Å². The zero-order chi connectivity index (χ0) is 24.3. The molecule has 4 aromatic carbocycles. The Labute approximate surface area is 194 Å². The summed E-state index contributed by atoms with van der Waals surface area (Å²) >= 11 is 0. The first-order chi connectivity index (χ1) is 15.3. The van der Waals surface area contributed by atoms with Crippen molar-refractivity contribution in [2.75, 3.05) is 6.61 Å². The predicted octanol–water partition coefficient (Wildman–Crippen LogP) is 7.88. The van der Waals surface area contributed by atoms with Crippen LogP contribution in [0, 0.1) is 0 Å². The number of amides is 1.